The van der Waals surface area contributed by atoms with Crippen LogP contribution in [0.3, 0.4) is 0 Å². The van der Waals surface area contributed by atoms with Gasteiger partial charge in [0.1, 0.15) is 5.82 Å². The fourth-order valence-corrected chi connectivity index (χ4v) is 4.13. The molecule has 2 atom stereocenters. The monoisotopic (exact) mass is 423 g/mol. The zero-order chi connectivity index (χ0) is 22.1. The Balaban J connectivity index is 1.60. The number of rotatable bonds is 4. The van der Waals surface area contributed by atoms with E-state index in [0.717, 1.165) is 25.9 Å². The Labute approximate surface area is 179 Å². The smallest absolute Gasteiger partial charge is 0.258 e. The number of H-pyrrole nitrogens is 1. The number of carbonyl (C=O) groups excluding carboxylic acids is 3. The number of nitrogens with zero attached hydrogens (tertiary/aromatic N) is 2. The molecule has 3 heterocycles. The summed E-state index contributed by atoms with van der Waals surface area (Å²) in [5.41, 5.74) is 0.739. The third-order valence-corrected chi connectivity index (χ3v) is 5.77. The van der Waals surface area contributed by atoms with Gasteiger partial charge in [0.05, 0.1) is 11.5 Å². The highest BCUT2D eigenvalue weighted by molar-refractivity contribution is 6.04. The summed E-state index contributed by atoms with van der Waals surface area (Å²) in [5, 5.41) is 5.37. The number of anilines is 3. The first-order chi connectivity index (χ1) is 14.8. The Morgan fingerprint density at radius 3 is 2.61 bits per heavy atom. The quantitative estimate of drug-likeness (QED) is 0.648. The second-order valence-corrected chi connectivity index (χ2v) is 8.27. The molecule has 2 aliphatic heterocycles. The van der Waals surface area contributed by atoms with Crippen LogP contribution >= 0.6 is 0 Å². The van der Waals surface area contributed by atoms with Gasteiger partial charge in [-0.15, -0.1) is 0 Å². The second kappa shape index (κ2) is 8.33. The predicted molar refractivity (Wildman–Crippen MR) is 117 cm³/mol. The Morgan fingerprint density at radius 2 is 1.94 bits per heavy atom. The van der Waals surface area contributed by atoms with E-state index in [1.807, 2.05) is 4.90 Å². The normalized spacial score (nSPS) is 20.6. The van der Waals surface area contributed by atoms with Crippen molar-refractivity contribution in [2.24, 2.45) is 5.92 Å². The van der Waals surface area contributed by atoms with Gasteiger partial charge in [-0.2, -0.15) is 4.98 Å². The molecule has 0 radical (unpaired) electrons. The highest BCUT2D eigenvalue weighted by atomic mass is 16.2. The summed E-state index contributed by atoms with van der Waals surface area (Å²) in [6, 6.07) is 6.45. The number of ketones is 1. The Hall–Kier alpha value is -3.49. The summed E-state index contributed by atoms with van der Waals surface area (Å²) in [4.78, 5) is 58.8. The molecule has 2 aliphatic rings. The molecule has 1 aromatic heterocycles. The first-order valence-electron chi connectivity index (χ1n) is 10.4. The van der Waals surface area contributed by atoms with Crippen molar-refractivity contribution in [1.82, 2.24) is 9.97 Å². The maximum absolute atomic E-state index is 12.9. The van der Waals surface area contributed by atoms with E-state index in [0.29, 0.717) is 23.1 Å². The van der Waals surface area contributed by atoms with Crippen LogP contribution in [0.15, 0.2) is 29.1 Å². The van der Waals surface area contributed by atoms with Crippen LogP contribution in [0.4, 0.5) is 17.5 Å². The summed E-state index contributed by atoms with van der Waals surface area (Å²) in [5.74, 6) is -0.836. The Kier molecular flexibility index (Phi) is 5.58. The standard InChI is InChI=1S/C22H25N5O4/c1-12-4-3-9-27(11-12)22-25-19-18(21(31)26-22)16(10-17(29)24-19)20(30)23-15-7-5-14(6-8-15)13(2)28/h5-8,12,16H,3-4,9-11H2,1-2H3,(H,23,30)(H2,24,25,26,29,31). The molecule has 2 amide bonds. The van der Waals surface area contributed by atoms with E-state index < -0.39 is 17.4 Å². The van der Waals surface area contributed by atoms with Gasteiger partial charge in [0, 0.05) is 30.8 Å². The van der Waals surface area contributed by atoms with Crippen molar-refractivity contribution in [2.75, 3.05) is 28.6 Å². The van der Waals surface area contributed by atoms with Gasteiger partial charge in [-0.05, 0) is 49.9 Å². The second-order valence-electron chi connectivity index (χ2n) is 8.27. The predicted octanol–water partition coefficient (Wildman–Crippen LogP) is 2.27. The van der Waals surface area contributed by atoms with Crippen molar-refractivity contribution in [1.29, 1.82) is 0 Å². The minimum atomic E-state index is -0.957. The van der Waals surface area contributed by atoms with Gasteiger partial charge in [-0.25, -0.2) is 0 Å². The van der Waals surface area contributed by atoms with Crippen LogP contribution in [0.5, 0.6) is 0 Å². The van der Waals surface area contributed by atoms with Crippen LogP contribution in [0, 0.1) is 5.92 Å². The molecule has 0 aliphatic carbocycles. The molecule has 0 saturated carbocycles. The molecule has 1 fully saturated rings. The van der Waals surface area contributed by atoms with Crippen LogP contribution in [-0.4, -0.2) is 40.7 Å². The van der Waals surface area contributed by atoms with E-state index >= 15 is 0 Å². The van der Waals surface area contributed by atoms with E-state index in [-0.39, 0.29) is 29.5 Å². The highest BCUT2D eigenvalue weighted by Gasteiger charge is 2.35. The zero-order valence-electron chi connectivity index (χ0n) is 17.5. The van der Waals surface area contributed by atoms with Gasteiger partial charge in [-0.3, -0.25) is 24.2 Å². The lowest BCUT2D eigenvalue weighted by atomic mass is 9.92. The van der Waals surface area contributed by atoms with Gasteiger partial charge in [-0.1, -0.05) is 6.92 Å². The number of aromatic amines is 1. The number of fused-ring (bicyclic) bond motifs is 1. The van der Waals surface area contributed by atoms with E-state index in [2.05, 4.69) is 27.5 Å². The van der Waals surface area contributed by atoms with Crippen LogP contribution in [0.2, 0.25) is 0 Å². The lowest BCUT2D eigenvalue weighted by Crippen LogP contribution is -2.40. The molecule has 2 aromatic rings. The average molecular weight is 423 g/mol. The summed E-state index contributed by atoms with van der Waals surface area (Å²) >= 11 is 0. The average Bonchev–Trinajstić information content (AvgIpc) is 2.73. The van der Waals surface area contributed by atoms with Crippen molar-refractivity contribution in [2.45, 2.75) is 39.0 Å². The molecule has 4 rings (SSSR count). The first-order valence-corrected chi connectivity index (χ1v) is 10.4. The van der Waals surface area contributed by atoms with Gasteiger partial charge in [0.15, 0.2) is 5.78 Å². The molecule has 0 bridgehead atoms. The van der Waals surface area contributed by atoms with E-state index in [1.165, 1.54) is 6.92 Å². The van der Waals surface area contributed by atoms with Crippen molar-refractivity contribution in [3.8, 4) is 0 Å². The molecule has 3 N–H and O–H groups in total. The number of benzene rings is 1. The number of Topliss-reactive ketones (excluding diaryl/α,β-unsaturated/α-hetero) is 1. The van der Waals surface area contributed by atoms with Crippen LogP contribution < -0.4 is 21.1 Å². The number of nitrogens with one attached hydrogen (secondary N) is 3. The number of aromatic nitrogens is 2. The Morgan fingerprint density at radius 1 is 1.19 bits per heavy atom. The van der Waals surface area contributed by atoms with Crippen molar-refractivity contribution in [3.63, 3.8) is 0 Å². The van der Waals surface area contributed by atoms with Crippen molar-refractivity contribution < 1.29 is 14.4 Å². The molecular formula is C22H25N5O4. The Bertz CT molecular complexity index is 1090. The van der Waals surface area contributed by atoms with E-state index in [1.54, 1.807) is 24.3 Å². The molecule has 1 aromatic carbocycles. The number of amides is 2. The molecule has 162 valence electrons. The lowest BCUT2D eigenvalue weighted by Gasteiger charge is -2.32. The first kappa shape index (κ1) is 20.8. The molecule has 1 saturated heterocycles. The molecule has 9 nitrogen and oxygen atoms in total. The van der Waals surface area contributed by atoms with Gasteiger partial charge in [0.2, 0.25) is 17.8 Å². The molecule has 2 unspecified atom stereocenters. The maximum Gasteiger partial charge on any atom is 0.258 e. The fraction of sp³-hybridized carbons (Fsp3) is 0.409. The number of hydrogen-bond acceptors (Lipinski definition) is 6. The van der Waals surface area contributed by atoms with Gasteiger partial charge in [0.25, 0.3) is 5.56 Å². The summed E-state index contributed by atoms with van der Waals surface area (Å²) in [6.07, 6.45) is 1.98. The number of hydrogen-bond donors (Lipinski definition) is 3. The minimum absolute atomic E-state index is 0.0766. The molecule has 31 heavy (non-hydrogen) atoms. The number of piperidine rings is 1. The van der Waals surface area contributed by atoms with Crippen LogP contribution in [-0.2, 0) is 9.59 Å². The molecule has 0 spiro atoms. The number of carbonyl (C=O) groups is 3. The summed E-state index contributed by atoms with van der Waals surface area (Å²) in [6.45, 7) is 5.16. The third-order valence-electron chi connectivity index (χ3n) is 5.77. The largest absolute Gasteiger partial charge is 0.342 e. The van der Waals surface area contributed by atoms with Crippen molar-refractivity contribution >= 4 is 35.1 Å². The minimum Gasteiger partial charge on any atom is -0.342 e. The SMILES string of the molecule is CC(=O)c1ccc(NC(=O)C2CC(=O)Nc3nc(N4CCCC(C)C4)[nH]c(=O)c32)cc1. The maximum atomic E-state index is 12.9. The molecule has 9 heteroatoms. The third kappa shape index (κ3) is 4.35. The molecular weight excluding hydrogens is 398 g/mol. The highest BCUT2D eigenvalue weighted by Crippen LogP contribution is 2.31. The van der Waals surface area contributed by atoms with Gasteiger partial charge >= 0.3 is 0 Å². The fourth-order valence-electron chi connectivity index (χ4n) is 4.13. The van der Waals surface area contributed by atoms with E-state index in [9.17, 15) is 19.2 Å². The topological polar surface area (TPSA) is 124 Å². The zero-order valence-corrected chi connectivity index (χ0v) is 17.5. The van der Waals surface area contributed by atoms with Crippen molar-refractivity contribution in [3.05, 3.63) is 45.7 Å². The summed E-state index contributed by atoms with van der Waals surface area (Å²) < 4.78 is 0. The van der Waals surface area contributed by atoms with Crippen LogP contribution in [0.25, 0.3) is 0 Å². The summed E-state index contributed by atoms with van der Waals surface area (Å²) in [7, 11) is 0. The lowest BCUT2D eigenvalue weighted by molar-refractivity contribution is -0.123. The van der Waals surface area contributed by atoms with Gasteiger partial charge < -0.3 is 15.5 Å². The van der Waals surface area contributed by atoms with E-state index in [4.69, 9.17) is 0 Å². The van der Waals surface area contributed by atoms with Crippen LogP contribution in [0.1, 0.15) is 54.9 Å².